The van der Waals surface area contributed by atoms with Crippen LogP contribution in [0.4, 0.5) is 16.5 Å². The highest BCUT2D eigenvalue weighted by molar-refractivity contribution is 8.00. The van der Waals surface area contributed by atoms with Crippen LogP contribution in [-0.2, 0) is 28.8 Å². The molecule has 0 aliphatic carbocycles. The molecule has 11 N–H and O–H groups in total. The van der Waals surface area contributed by atoms with E-state index >= 15 is 0 Å². The number of hydrogen-bond donors (Lipinski definition) is 10. The van der Waals surface area contributed by atoms with E-state index in [1.54, 1.807) is 0 Å². The summed E-state index contributed by atoms with van der Waals surface area (Å²) >= 11 is 2.06. The molecule has 5 rings (SSSR count). The minimum absolute atomic E-state index is 0.00603. The van der Waals surface area contributed by atoms with Crippen molar-refractivity contribution < 1.29 is 59.1 Å². The van der Waals surface area contributed by atoms with Crippen molar-refractivity contribution in [3.63, 3.8) is 0 Å². The molecule has 3 aliphatic rings. The summed E-state index contributed by atoms with van der Waals surface area (Å²) in [4.78, 5) is 84.9. The molecule has 0 radical (unpaired) electrons. The van der Waals surface area contributed by atoms with Crippen molar-refractivity contribution >= 4 is 80.9 Å². The van der Waals surface area contributed by atoms with Crippen LogP contribution >= 0.6 is 23.1 Å². The molecule has 2 atom stereocenters. The molecule has 1 aromatic carbocycles. The first kappa shape index (κ1) is 34.3. The number of fused-ring (bicyclic) bond motifs is 2. The molecule has 49 heavy (non-hydrogen) atoms. The average Bonchev–Trinajstić information content (AvgIpc) is 3.47. The van der Waals surface area contributed by atoms with Crippen LogP contribution in [0, 0.1) is 0 Å². The Hall–Kier alpha value is -6.03. The molecule has 1 aromatic heterocycles. The molecule has 1 saturated heterocycles. The first-order valence-corrected chi connectivity index (χ1v) is 15.7. The minimum Gasteiger partial charge on any atom is -0.504 e. The van der Waals surface area contributed by atoms with Crippen molar-refractivity contribution in [3.8, 4) is 11.5 Å². The molecule has 258 valence electrons. The first-order valence-electron chi connectivity index (χ1n) is 13.8. The maximum atomic E-state index is 13.3. The highest BCUT2D eigenvalue weighted by Crippen LogP contribution is 2.43. The summed E-state index contributed by atoms with van der Waals surface area (Å²) in [5.74, 6) is -8.65. The number of aliphatic carboxylic acids is 2. The number of carboxylic acid groups (broad SMARTS) is 3. The molecule has 22 heteroatoms. The quantitative estimate of drug-likeness (QED) is 0.0467. The third-order valence-corrected chi connectivity index (χ3v) is 9.24. The van der Waals surface area contributed by atoms with Gasteiger partial charge >= 0.3 is 17.9 Å². The molecular formula is C27H26N8O12S2. The molecule has 2 aromatic rings. The number of aromatic hydroxyl groups is 2. The van der Waals surface area contributed by atoms with Crippen LogP contribution in [0.3, 0.4) is 0 Å². The Morgan fingerprint density at radius 2 is 1.90 bits per heavy atom. The zero-order valence-electron chi connectivity index (χ0n) is 25.1. The van der Waals surface area contributed by atoms with E-state index in [4.69, 9.17) is 10.6 Å². The number of rotatable bonds is 11. The summed E-state index contributed by atoms with van der Waals surface area (Å²) in [5, 5.41) is 63.1. The number of benzene rings is 1. The topological polar surface area (TPSA) is 315 Å². The second kappa shape index (κ2) is 12.9. The van der Waals surface area contributed by atoms with Gasteiger partial charge in [0.05, 0.1) is 11.4 Å². The highest BCUT2D eigenvalue weighted by atomic mass is 32.2. The number of amides is 3. The predicted octanol–water partition coefficient (Wildman–Crippen LogP) is -0.348. The van der Waals surface area contributed by atoms with E-state index in [1.807, 2.05) is 0 Å². The van der Waals surface area contributed by atoms with Gasteiger partial charge in [0.15, 0.2) is 22.3 Å². The number of nitrogens with one attached hydrogen (secondary N) is 4. The van der Waals surface area contributed by atoms with E-state index in [2.05, 4.69) is 31.4 Å². The number of thiazole rings is 1. The molecular weight excluding hydrogens is 692 g/mol. The number of carbonyl (C=O) groups is 6. The van der Waals surface area contributed by atoms with Gasteiger partial charge in [-0.05, 0) is 19.4 Å². The maximum Gasteiger partial charge on any atom is 0.352 e. The molecule has 3 aliphatic heterocycles. The van der Waals surface area contributed by atoms with Gasteiger partial charge < -0.3 is 57.4 Å². The second-order valence-electron chi connectivity index (χ2n) is 10.9. The standard InChI is InChI=1S/C27H26N8O12S2/c1-27(2,25(45)46)47-34-15(11-7-49-26(28)32-11)20(39)33-16-21(40)35-17(24(43)44)8(6-48-22(16)35)4-30-19(38)10-5-29-9-3-12(36)18(37)13(23(41)42)14(9)31-10/h3,5,7,16,22,29,31,36-37H,4,6H2,1-2H3,(H2,28,32)(H,30,38)(H,33,39)(H,41,42)(H,43,44)(H,45,46)/b34-15-/t16?,22-/m0/s1. The molecule has 3 amide bonds. The monoisotopic (exact) mass is 718 g/mol. The van der Waals surface area contributed by atoms with Crippen molar-refractivity contribution in [1.82, 2.24) is 20.5 Å². The first-order chi connectivity index (χ1) is 23.0. The number of phenolic OH excluding ortho intramolecular Hbond substituents is 1. The summed E-state index contributed by atoms with van der Waals surface area (Å²) in [5.41, 5.74) is 1.96. The SMILES string of the molecule is CC(C)(O/N=C(\C(=O)NC1C(=O)N2C(C(=O)O)=C(CNC(=O)C3=CNc4cc(O)c(O)c(C(=O)O)c4N3)CS[C@@H]12)c1csc(N)n1)C(=O)O. The summed E-state index contributed by atoms with van der Waals surface area (Å²) in [6.07, 6.45) is 1.16. The van der Waals surface area contributed by atoms with Gasteiger partial charge in [0.2, 0.25) is 5.60 Å². The van der Waals surface area contributed by atoms with Crippen LogP contribution in [0.25, 0.3) is 0 Å². The van der Waals surface area contributed by atoms with Gasteiger partial charge in [-0.3, -0.25) is 19.3 Å². The number of aromatic carboxylic acids is 1. The highest BCUT2D eigenvalue weighted by Gasteiger charge is 2.54. The summed E-state index contributed by atoms with van der Waals surface area (Å²) < 4.78 is 0. The Labute approximate surface area is 282 Å². The van der Waals surface area contributed by atoms with Crippen LogP contribution in [-0.4, -0.2) is 106 Å². The van der Waals surface area contributed by atoms with Crippen LogP contribution in [0.5, 0.6) is 11.5 Å². The lowest BCUT2D eigenvalue weighted by Crippen LogP contribution is -2.71. The van der Waals surface area contributed by atoms with Gasteiger partial charge in [-0.2, -0.15) is 0 Å². The number of anilines is 3. The fourth-order valence-corrected chi connectivity index (χ4v) is 6.56. The number of phenols is 2. The van der Waals surface area contributed by atoms with Crippen molar-refractivity contribution in [2.45, 2.75) is 30.9 Å². The largest absolute Gasteiger partial charge is 0.504 e. The van der Waals surface area contributed by atoms with Crippen LogP contribution in [0.1, 0.15) is 29.9 Å². The number of β-lactam (4-membered cyclic amide) rings is 1. The van der Waals surface area contributed by atoms with E-state index in [0.29, 0.717) is 0 Å². The number of nitrogen functional groups attached to an aromatic ring is 1. The van der Waals surface area contributed by atoms with E-state index < -0.39 is 81.1 Å². The van der Waals surface area contributed by atoms with Gasteiger partial charge in [-0.1, -0.05) is 5.16 Å². The van der Waals surface area contributed by atoms with Gasteiger partial charge in [-0.15, -0.1) is 23.1 Å². The molecule has 4 heterocycles. The Morgan fingerprint density at radius 1 is 1.18 bits per heavy atom. The van der Waals surface area contributed by atoms with Gasteiger partial charge in [0.25, 0.3) is 17.7 Å². The maximum absolute atomic E-state index is 13.3. The third kappa shape index (κ3) is 6.45. The number of carboxylic acids is 3. The van der Waals surface area contributed by atoms with Gasteiger partial charge in [-0.25, -0.2) is 19.4 Å². The van der Waals surface area contributed by atoms with E-state index in [0.717, 1.165) is 40.3 Å². The van der Waals surface area contributed by atoms with Crippen LogP contribution < -0.4 is 27.0 Å². The number of nitrogens with zero attached hydrogens (tertiary/aromatic N) is 3. The summed E-state index contributed by atoms with van der Waals surface area (Å²) in [7, 11) is 0. The number of nitrogens with two attached hydrogens (primary N) is 1. The molecule has 0 bridgehead atoms. The average molecular weight is 719 g/mol. The summed E-state index contributed by atoms with van der Waals surface area (Å²) in [6.45, 7) is 2.04. The Balaban J connectivity index is 1.29. The Bertz CT molecular complexity index is 1920. The summed E-state index contributed by atoms with van der Waals surface area (Å²) in [6, 6.07) is -0.177. The smallest absolute Gasteiger partial charge is 0.352 e. The fraction of sp³-hybridized carbons (Fsp3) is 0.259. The van der Waals surface area contributed by atoms with Crippen LogP contribution in [0.15, 0.2) is 39.8 Å². The number of aromatic nitrogens is 1. The lowest BCUT2D eigenvalue weighted by molar-refractivity contribution is -0.161. The second-order valence-corrected chi connectivity index (χ2v) is 12.9. The number of oxime groups is 1. The van der Waals surface area contributed by atoms with Crippen molar-refractivity contribution in [1.29, 1.82) is 0 Å². The van der Waals surface area contributed by atoms with Crippen molar-refractivity contribution in [3.05, 3.63) is 45.9 Å². The predicted molar refractivity (Wildman–Crippen MR) is 171 cm³/mol. The number of hydrogen-bond acceptors (Lipinski definition) is 16. The Kier molecular flexibility index (Phi) is 9.02. The molecule has 0 spiro atoms. The Morgan fingerprint density at radius 3 is 2.51 bits per heavy atom. The van der Waals surface area contributed by atoms with Crippen molar-refractivity contribution in [2.75, 3.05) is 28.7 Å². The lowest BCUT2D eigenvalue weighted by atomic mass is 10.0. The molecule has 20 nitrogen and oxygen atoms in total. The molecule has 0 saturated carbocycles. The number of carbonyl (C=O) groups excluding carboxylic acids is 3. The third-order valence-electron chi connectivity index (χ3n) is 7.23. The van der Waals surface area contributed by atoms with Gasteiger partial charge in [0, 0.05) is 29.9 Å². The minimum atomic E-state index is -1.83. The zero-order valence-corrected chi connectivity index (χ0v) is 26.8. The van der Waals surface area contributed by atoms with Crippen LogP contribution in [0.2, 0.25) is 0 Å². The van der Waals surface area contributed by atoms with Crippen molar-refractivity contribution in [2.24, 2.45) is 5.16 Å². The van der Waals surface area contributed by atoms with E-state index in [9.17, 15) is 54.3 Å². The number of thioether (sulfide) groups is 1. The van der Waals surface area contributed by atoms with E-state index in [-0.39, 0.29) is 45.8 Å². The lowest BCUT2D eigenvalue weighted by Gasteiger charge is -2.49. The molecule has 1 fully saturated rings. The van der Waals surface area contributed by atoms with E-state index in [1.165, 1.54) is 19.2 Å². The zero-order chi connectivity index (χ0) is 35.9. The molecule has 1 unspecified atom stereocenters. The fourth-order valence-electron chi connectivity index (χ4n) is 4.66. The normalized spacial score (nSPS) is 18.5. The van der Waals surface area contributed by atoms with Gasteiger partial charge in [0.1, 0.15) is 34.1 Å².